The van der Waals surface area contributed by atoms with E-state index < -0.39 is 23.8 Å². The molecule has 2 N–H and O–H groups in total. The molecule has 0 fully saturated rings. The summed E-state index contributed by atoms with van der Waals surface area (Å²) in [6, 6.07) is 12.9. The molecule has 1 atom stereocenters. The van der Waals surface area contributed by atoms with Crippen molar-refractivity contribution in [2.75, 3.05) is 19.7 Å². The molecule has 1 amide bonds. The fraction of sp³-hybridized carbons (Fsp3) is 0.300. The van der Waals surface area contributed by atoms with Crippen LogP contribution in [0.4, 0.5) is 9.18 Å². The van der Waals surface area contributed by atoms with Crippen molar-refractivity contribution in [3.63, 3.8) is 0 Å². The van der Waals surface area contributed by atoms with Gasteiger partial charge in [0, 0.05) is 6.54 Å². The number of halogens is 1. The van der Waals surface area contributed by atoms with Crippen molar-refractivity contribution in [1.29, 1.82) is 0 Å². The molecule has 7 heteroatoms. The van der Waals surface area contributed by atoms with Crippen molar-refractivity contribution in [1.82, 2.24) is 4.90 Å². The number of rotatable bonds is 8. The summed E-state index contributed by atoms with van der Waals surface area (Å²) in [5, 5.41) is 19.5. The maximum Gasteiger partial charge on any atom is 0.410 e. The molecule has 0 aromatic heterocycles. The lowest BCUT2D eigenvalue weighted by molar-refractivity contribution is 0.0613. The van der Waals surface area contributed by atoms with Crippen LogP contribution in [0.1, 0.15) is 34.5 Å². The number of carbonyl (C=O) groups excluding carboxylic acids is 2. The van der Waals surface area contributed by atoms with Crippen LogP contribution < -0.4 is 0 Å². The molecule has 144 valence electrons. The number of ketones is 1. The van der Waals surface area contributed by atoms with Gasteiger partial charge in [-0.15, -0.1) is 0 Å². The highest BCUT2D eigenvalue weighted by Gasteiger charge is 2.21. The SMILES string of the molecule is CC(=O)c1ccc(C(O)CN(CCO)C(=O)OCc2ccccc2)cc1F. The first-order valence-electron chi connectivity index (χ1n) is 8.47. The Labute approximate surface area is 156 Å². The van der Waals surface area contributed by atoms with Gasteiger partial charge >= 0.3 is 6.09 Å². The van der Waals surface area contributed by atoms with Crippen LogP contribution in [0.15, 0.2) is 48.5 Å². The molecule has 0 aliphatic carbocycles. The lowest BCUT2D eigenvalue weighted by Gasteiger charge is -2.24. The van der Waals surface area contributed by atoms with Crippen molar-refractivity contribution in [2.45, 2.75) is 19.6 Å². The van der Waals surface area contributed by atoms with Gasteiger partial charge in [-0.1, -0.05) is 36.4 Å². The Bertz CT molecular complexity index is 781. The first kappa shape index (κ1) is 20.5. The average molecular weight is 375 g/mol. The largest absolute Gasteiger partial charge is 0.445 e. The van der Waals surface area contributed by atoms with E-state index in [-0.39, 0.29) is 37.4 Å². The number of ether oxygens (including phenoxy) is 1. The summed E-state index contributed by atoms with van der Waals surface area (Å²) in [5.41, 5.74) is 0.953. The third-order valence-corrected chi connectivity index (χ3v) is 3.98. The Balaban J connectivity index is 2.02. The van der Waals surface area contributed by atoms with Crippen LogP contribution in [0.3, 0.4) is 0 Å². The number of aliphatic hydroxyl groups is 2. The zero-order valence-electron chi connectivity index (χ0n) is 15.0. The summed E-state index contributed by atoms with van der Waals surface area (Å²) < 4.78 is 19.1. The van der Waals surface area contributed by atoms with E-state index in [0.29, 0.717) is 0 Å². The minimum Gasteiger partial charge on any atom is -0.445 e. The fourth-order valence-corrected chi connectivity index (χ4v) is 2.53. The highest BCUT2D eigenvalue weighted by atomic mass is 19.1. The van der Waals surface area contributed by atoms with Gasteiger partial charge < -0.3 is 19.8 Å². The van der Waals surface area contributed by atoms with Gasteiger partial charge in [-0.3, -0.25) is 4.79 Å². The molecule has 0 aliphatic heterocycles. The summed E-state index contributed by atoms with van der Waals surface area (Å²) in [6.07, 6.45) is -1.90. The average Bonchev–Trinajstić information content (AvgIpc) is 2.66. The molecule has 27 heavy (non-hydrogen) atoms. The van der Waals surface area contributed by atoms with Crippen LogP contribution in [-0.4, -0.2) is 46.7 Å². The number of aliphatic hydroxyl groups excluding tert-OH is 2. The summed E-state index contributed by atoms with van der Waals surface area (Å²) in [6.45, 7) is 0.760. The third kappa shape index (κ3) is 5.87. The lowest BCUT2D eigenvalue weighted by Crippen LogP contribution is -2.37. The first-order valence-corrected chi connectivity index (χ1v) is 8.47. The maximum atomic E-state index is 13.9. The molecule has 0 saturated carbocycles. The van der Waals surface area contributed by atoms with Crippen molar-refractivity contribution >= 4 is 11.9 Å². The number of Topliss-reactive ketones (excluding diaryl/α,β-unsaturated/α-hetero) is 1. The normalized spacial score (nSPS) is 11.7. The minimum atomic E-state index is -1.20. The van der Waals surface area contributed by atoms with E-state index in [9.17, 15) is 19.1 Å². The third-order valence-electron chi connectivity index (χ3n) is 3.98. The van der Waals surface area contributed by atoms with Gasteiger partial charge in [0.15, 0.2) is 5.78 Å². The summed E-state index contributed by atoms with van der Waals surface area (Å²) in [5.74, 6) is -1.15. The van der Waals surface area contributed by atoms with E-state index in [4.69, 9.17) is 9.84 Å². The zero-order valence-corrected chi connectivity index (χ0v) is 15.0. The van der Waals surface area contributed by atoms with E-state index in [0.717, 1.165) is 16.5 Å². The molecule has 1 unspecified atom stereocenters. The monoisotopic (exact) mass is 375 g/mol. The number of hydrogen-bond donors (Lipinski definition) is 2. The van der Waals surface area contributed by atoms with E-state index in [1.54, 1.807) is 12.1 Å². The maximum absolute atomic E-state index is 13.9. The van der Waals surface area contributed by atoms with Crippen molar-refractivity contribution < 1.29 is 28.9 Å². The van der Waals surface area contributed by atoms with Gasteiger partial charge in [-0.2, -0.15) is 0 Å². The van der Waals surface area contributed by atoms with Crippen LogP contribution in [0, 0.1) is 5.82 Å². The summed E-state index contributed by atoms with van der Waals surface area (Å²) in [4.78, 5) is 24.7. The predicted molar refractivity (Wildman–Crippen MR) is 96.7 cm³/mol. The number of hydrogen-bond acceptors (Lipinski definition) is 5. The Morgan fingerprint density at radius 3 is 2.48 bits per heavy atom. The summed E-state index contributed by atoms with van der Waals surface area (Å²) in [7, 11) is 0. The number of carbonyl (C=O) groups is 2. The Morgan fingerprint density at radius 2 is 1.89 bits per heavy atom. The number of nitrogens with zero attached hydrogens (tertiary/aromatic N) is 1. The van der Waals surface area contributed by atoms with Gasteiger partial charge in [0.2, 0.25) is 0 Å². The van der Waals surface area contributed by atoms with Crippen LogP contribution in [-0.2, 0) is 11.3 Å². The Kier molecular flexibility index (Phi) is 7.45. The highest BCUT2D eigenvalue weighted by molar-refractivity contribution is 5.94. The second kappa shape index (κ2) is 9.80. The van der Waals surface area contributed by atoms with Crippen molar-refractivity contribution in [2.24, 2.45) is 0 Å². The molecule has 0 aliphatic rings. The predicted octanol–water partition coefficient (Wildman–Crippen LogP) is 2.69. The van der Waals surface area contributed by atoms with Crippen molar-refractivity contribution in [3.05, 3.63) is 71.0 Å². The minimum absolute atomic E-state index is 0.0430. The van der Waals surface area contributed by atoms with Gasteiger partial charge in [0.05, 0.1) is 24.8 Å². The molecule has 2 rings (SSSR count). The molecule has 0 saturated heterocycles. The molecular weight excluding hydrogens is 353 g/mol. The van der Waals surface area contributed by atoms with Gasteiger partial charge in [0.25, 0.3) is 0 Å². The Morgan fingerprint density at radius 1 is 1.19 bits per heavy atom. The van der Waals surface area contributed by atoms with Crippen LogP contribution in [0.25, 0.3) is 0 Å². The van der Waals surface area contributed by atoms with Crippen LogP contribution >= 0.6 is 0 Å². The standard InChI is InChI=1S/C20H22FNO5/c1-14(24)17-8-7-16(11-18(17)21)19(25)12-22(9-10-23)20(26)27-13-15-5-3-2-4-6-15/h2-8,11,19,23,25H,9-10,12-13H2,1H3. The molecule has 0 spiro atoms. The lowest BCUT2D eigenvalue weighted by atomic mass is 10.0. The smallest absolute Gasteiger partial charge is 0.410 e. The number of amides is 1. The molecule has 0 heterocycles. The molecule has 0 radical (unpaired) electrons. The second-order valence-corrected chi connectivity index (χ2v) is 6.02. The van der Waals surface area contributed by atoms with E-state index >= 15 is 0 Å². The quantitative estimate of drug-likeness (QED) is 0.693. The second-order valence-electron chi connectivity index (χ2n) is 6.02. The van der Waals surface area contributed by atoms with Gasteiger partial charge in [-0.05, 0) is 30.2 Å². The first-order chi connectivity index (χ1) is 12.9. The molecule has 0 bridgehead atoms. The fourth-order valence-electron chi connectivity index (χ4n) is 2.53. The highest BCUT2D eigenvalue weighted by Crippen LogP contribution is 2.19. The number of benzene rings is 2. The van der Waals surface area contributed by atoms with Gasteiger partial charge in [0.1, 0.15) is 12.4 Å². The summed E-state index contributed by atoms with van der Waals surface area (Å²) >= 11 is 0. The van der Waals surface area contributed by atoms with Crippen molar-refractivity contribution in [3.8, 4) is 0 Å². The van der Waals surface area contributed by atoms with E-state index in [1.807, 2.05) is 18.2 Å². The molecule has 2 aromatic carbocycles. The Hall–Kier alpha value is -2.77. The van der Waals surface area contributed by atoms with Gasteiger partial charge in [-0.25, -0.2) is 9.18 Å². The van der Waals surface area contributed by atoms with Crippen LogP contribution in [0.2, 0.25) is 0 Å². The molecular formula is C20H22FNO5. The van der Waals surface area contributed by atoms with E-state index in [1.165, 1.54) is 19.1 Å². The zero-order chi connectivity index (χ0) is 19.8. The molecule has 2 aromatic rings. The van der Waals surface area contributed by atoms with Crippen LogP contribution in [0.5, 0.6) is 0 Å². The molecule has 6 nitrogen and oxygen atoms in total. The van der Waals surface area contributed by atoms with E-state index in [2.05, 4.69) is 0 Å². The topological polar surface area (TPSA) is 87.1 Å².